The molecule has 2 amide bonds. The molecule has 1 aromatic carbocycles. The van der Waals surface area contributed by atoms with Crippen LogP contribution in [0.15, 0.2) is 28.8 Å². The fraction of sp³-hybridized carbons (Fsp3) is 0.267. The molecule has 23 heavy (non-hydrogen) atoms. The number of carbonyl (C=O) groups is 2. The maximum atomic E-state index is 13.2. The summed E-state index contributed by atoms with van der Waals surface area (Å²) in [5, 5.41) is 6.13. The number of hydrogen-bond donors (Lipinski definition) is 1. The van der Waals surface area contributed by atoms with E-state index in [1.807, 2.05) is 0 Å². The summed E-state index contributed by atoms with van der Waals surface area (Å²) in [5.74, 6) is -0.285. The summed E-state index contributed by atoms with van der Waals surface area (Å²) in [7, 11) is 0. The van der Waals surface area contributed by atoms with E-state index < -0.39 is 5.82 Å². The Morgan fingerprint density at radius 2 is 2.13 bits per heavy atom. The summed E-state index contributed by atoms with van der Waals surface area (Å²) in [6.45, 7) is 3.19. The minimum absolute atomic E-state index is 0.0421. The molecule has 122 valence electrons. The highest BCUT2D eigenvalue weighted by Crippen LogP contribution is 2.23. The van der Waals surface area contributed by atoms with Crippen molar-refractivity contribution in [2.24, 2.45) is 0 Å². The third-order valence-electron chi connectivity index (χ3n) is 3.05. The lowest BCUT2D eigenvalue weighted by molar-refractivity contribution is -0.117. The monoisotopic (exact) mass is 339 g/mol. The summed E-state index contributed by atoms with van der Waals surface area (Å²) in [6, 6.07) is 5.53. The molecule has 0 aliphatic carbocycles. The van der Waals surface area contributed by atoms with Crippen LogP contribution in [0.25, 0.3) is 0 Å². The van der Waals surface area contributed by atoms with Gasteiger partial charge >= 0.3 is 0 Å². The number of hydrogen-bond acceptors (Lipinski definition) is 4. The van der Waals surface area contributed by atoms with Crippen LogP contribution in [0.1, 0.15) is 19.1 Å². The minimum Gasteiger partial charge on any atom is -0.360 e. The van der Waals surface area contributed by atoms with Gasteiger partial charge in [0.05, 0.1) is 5.02 Å². The Hall–Kier alpha value is -2.41. The molecule has 0 unspecified atom stereocenters. The molecule has 1 N–H and O–H groups in total. The molecule has 0 atom stereocenters. The van der Waals surface area contributed by atoms with Gasteiger partial charge in [-0.15, -0.1) is 0 Å². The van der Waals surface area contributed by atoms with Crippen molar-refractivity contribution in [1.29, 1.82) is 0 Å². The van der Waals surface area contributed by atoms with Gasteiger partial charge in [-0.2, -0.15) is 0 Å². The van der Waals surface area contributed by atoms with Gasteiger partial charge < -0.3 is 14.7 Å². The Morgan fingerprint density at radius 3 is 2.70 bits per heavy atom. The quantitative estimate of drug-likeness (QED) is 0.908. The first kappa shape index (κ1) is 17.0. The zero-order chi connectivity index (χ0) is 17.0. The topological polar surface area (TPSA) is 75.4 Å². The number of amides is 2. The van der Waals surface area contributed by atoms with Crippen molar-refractivity contribution < 1.29 is 18.5 Å². The van der Waals surface area contributed by atoms with Crippen molar-refractivity contribution in [1.82, 2.24) is 5.16 Å². The second-order valence-corrected chi connectivity index (χ2v) is 5.30. The Morgan fingerprint density at radius 1 is 1.39 bits per heavy atom. The van der Waals surface area contributed by atoms with E-state index in [4.69, 9.17) is 16.1 Å². The summed E-state index contributed by atoms with van der Waals surface area (Å²) >= 11 is 5.72. The van der Waals surface area contributed by atoms with Crippen LogP contribution in [0.3, 0.4) is 0 Å². The van der Waals surface area contributed by atoms with Crippen molar-refractivity contribution in [3.8, 4) is 0 Å². The second kappa shape index (κ2) is 7.23. The fourth-order valence-electron chi connectivity index (χ4n) is 1.97. The van der Waals surface area contributed by atoms with Gasteiger partial charge in [-0.1, -0.05) is 16.8 Å². The standard InChI is InChI=1S/C15H15ClFN3O3/c1-9-7-14(19-23-9)18-15(22)5-6-20(10(2)21)11-3-4-13(17)12(16)8-11/h3-4,7-8H,5-6H2,1-2H3,(H,18,19,22). The van der Waals surface area contributed by atoms with Crippen LogP contribution in [0, 0.1) is 12.7 Å². The number of aromatic nitrogens is 1. The number of carbonyl (C=O) groups excluding carboxylic acids is 2. The van der Waals surface area contributed by atoms with Gasteiger partial charge in [-0.05, 0) is 25.1 Å². The normalized spacial score (nSPS) is 10.4. The van der Waals surface area contributed by atoms with Crippen LogP contribution in [-0.2, 0) is 9.59 Å². The Bertz CT molecular complexity index is 733. The van der Waals surface area contributed by atoms with E-state index in [-0.39, 0.29) is 29.8 Å². The van der Waals surface area contributed by atoms with Crippen LogP contribution in [0.4, 0.5) is 15.9 Å². The van der Waals surface area contributed by atoms with E-state index in [1.54, 1.807) is 13.0 Å². The number of nitrogens with zero attached hydrogens (tertiary/aromatic N) is 2. The van der Waals surface area contributed by atoms with E-state index in [0.29, 0.717) is 17.3 Å². The average molecular weight is 340 g/mol. The van der Waals surface area contributed by atoms with Crippen LogP contribution in [0.2, 0.25) is 5.02 Å². The number of halogens is 2. The van der Waals surface area contributed by atoms with Crippen molar-refractivity contribution in [2.75, 3.05) is 16.8 Å². The molecule has 2 rings (SSSR count). The Kier molecular flexibility index (Phi) is 5.33. The van der Waals surface area contributed by atoms with E-state index in [2.05, 4.69) is 10.5 Å². The van der Waals surface area contributed by atoms with E-state index >= 15 is 0 Å². The zero-order valence-electron chi connectivity index (χ0n) is 12.6. The summed E-state index contributed by atoms with van der Waals surface area (Å²) < 4.78 is 18.0. The molecule has 1 heterocycles. The molecule has 0 bridgehead atoms. The SMILES string of the molecule is CC(=O)N(CCC(=O)Nc1cc(C)on1)c1ccc(F)c(Cl)c1. The highest BCUT2D eigenvalue weighted by molar-refractivity contribution is 6.31. The van der Waals surface area contributed by atoms with Gasteiger partial charge in [0, 0.05) is 31.6 Å². The molecule has 0 saturated carbocycles. The lowest BCUT2D eigenvalue weighted by Gasteiger charge is -2.21. The highest BCUT2D eigenvalue weighted by atomic mass is 35.5. The zero-order valence-corrected chi connectivity index (χ0v) is 13.4. The molecule has 0 saturated heterocycles. The first-order valence-electron chi connectivity index (χ1n) is 6.83. The molecule has 1 aromatic heterocycles. The number of anilines is 2. The van der Waals surface area contributed by atoms with Crippen molar-refractivity contribution in [3.05, 3.63) is 40.9 Å². The van der Waals surface area contributed by atoms with Crippen molar-refractivity contribution >= 4 is 34.9 Å². The van der Waals surface area contributed by atoms with Crippen LogP contribution in [-0.4, -0.2) is 23.5 Å². The van der Waals surface area contributed by atoms with E-state index in [0.717, 1.165) is 0 Å². The average Bonchev–Trinajstić information content (AvgIpc) is 2.87. The highest BCUT2D eigenvalue weighted by Gasteiger charge is 2.15. The number of benzene rings is 1. The number of nitrogens with one attached hydrogen (secondary N) is 1. The lowest BCUT2D eigenvalue weighted by Crippen LogP contribution is -2.32. The molecule has 0 spiro atoms. The second-order valence-electron chi connectivity index (χ2n) is 4.89. The van der Waals surface area contributed by atoms with Crippen LogP contribution < -0.4 is 10.2 Å². The maximum absolute atomic E-state index is 13.2. The molecule has 0 radical (unpaired) electrons. The largest absolute Gasteiger partial charge is 0.360 e. The van der Waals surface area contributed by atoms with Gasteiger partial charge in [0.2, 0.25) is 11.8 Å². The van der Waals surface area contributed by atoms with Crippen molar-refractivity contribution in [2.45, 2.75) is 20.3 Å². The maximum Gasteiger partial charge on any atom is 0.227 e. The predicted octanol–water partition coefficient (Wildman–Crippen LogP) is 3.16. The molecular formula is C15H15ClFN3O3. The van der Waals surface area contributed by atoms with E-state index in [9.17, 15) is 14.0 Å². The molecule has 0 aliphatic heterocycles. The van der Waals surface area contributed by atoms with Gasteiger partial charge in [0.25, 0.3) is 0 Å². The molecule has 0 fully saturated rings. The molecule has 8 heteroatoms. The van der Waals surface area contributed by atoms with Crippen LogP contribution >= 0.6 is 11.6 Å². The first-order chi connectivity index (χ1) is 10.9. The molecule has 6 nitrogen and oxygen atoms in total. The summed E-state index contributed by atoms with van der Waals surface area (Å²) in [6.07, 6.45) is 0.0421. The first-order valence-corrected chi connectivity index (χ1v) is 7.21. The fourth-order valence-corrected chi connectivity index (χ4v) is 2.14. The Labute approximate surface area is 137 Å². The van der Waals surface area contributed by atoms with E-state index in [1.165, 1.54) is 30.0 Å². The van der Waals surface area contributed by atoms with Gasteiger partial charge in [-0.3, -0.25) is 9.59 Å². The number of aryl methyl sites for hydroxylation is 1. The number of rotatable bonds is 5. The molecule has 0 aliphatic rings. The minimum atomic E-state index is -0.571. The summed E-state index contributed by atoms with van der Waals surface area (Å²) in [4.78, 5) is 25.0. The predicted molar refractivity (Wildman–Crippen MR) is 83.9 cm³/mol. The van der Waals surface area contributed by atoms with Crippen molar-refractivity contribution in [3.63, 3.8) is 0 Å². The van der Waals surface area contributed by atoms with Gasteiger partial charge in [0.1, 0.15) is 11.6 Å². The molecule has 2 aromatic rings. The summed E-state index contributed by atoms with van der Waals surface area (Å²) in [5.41, 5.74) is 0.425. The van der Waals surface area contributed by atoms with Gasteiger partial charge in [-0.25, -0.2) is 4.39 Å². The Balaban J connectivity index is 2.00. The third kappa shape index (κ3) is 4.53. The van der Waals surface area contributed by atoms with Gasteiger partial charge in [0.15, 0.2) is 5.82 Å². The lowest BCUT2D eigenvalue weighted by atomic mass is 10.2. The third-order valence-corrected chi connectivity index (χ3v) is 3.34. The molecular weight excluding hydrogens is 325 g/mol. The van der Waals surface area contributed by atoms with Crippen LogP contribution in [0.5, 0.6) is 0 Å². The smallest absolute Gasteiger partial charge is 0.227 e.